The van der Waals surface area contributed by atoms with Crippen molar-refractivity contribution in [2.24, 2.45) is 5.92 Å². The molecular formula is C20H26N2O3. The number of rotatable bonds is 5. The number of nitrogens with one attached hydrogen (secondary N) is 1. The van der Waals surface area contributed by atoms with Gasteiger partial charge in [0.25, 0.3) is 0 Å². The fourth-order valence-corrected chi connectivity index (χ4v) is 4.12. The highest BCUT2D eigenvalue weighted by molar-refractivity contribution is 5.85. The summed E-state index contributed by atoms with van der Waals surface area (Å²) in [5.74, 6) is 0.577. The summed E-state index contributed by atoms with van der Waals surface area (Å²) in [6.45, 7) is 1.14. The molecule has 2 N–H and O–H groups in total. The second-order valence-corrected chi connectivity index (χ2v) is 7.95. The Morgan fingerprint density at radius 2 is 2.04 bits per heavy atom. The van der Waals surface area contributed by atoms with Crippen LogP contribution in [0.15, 0.2) is 24.3 Å². The fraction of sp³-hybridized carbons (Fsp3) is 0.600. The molecule has 1 aromatic carbocycles. The standard InChI is InChI=1S/C20H26N2O3/c23-18(11-14-5-6-14)22-10-9-20(25,13-22)12-21-19(24)17-8-7-15-3-1-2-4-16(15)17/h1-4,14,17,25H,5-13H2,(H,21,24). The van der Waals surface area contributed by atoms with E-state index in [1.165, 1.54) is 5.56 Å². The van der Waals surface area contributed by atoms with Crippen LogP contribution in [0.2, 0.25) is 0 Å². The number of carbonyl (C=O) groups is 2. The fourth-order valence-electron chi connectivity index (χ4n) is 4.12. The first-order chi connectivity index (χ1) is 12.0. The van der Waals surface area contributed by atoms with Gasteiger partial charge in [-0.05, 0) is 49.1 Å². The maximum absolute atomic E-state index is 12.6. The molecule has 0 bridgehead atoms. The minimum Gasteiger partial charge on any atom is -0.386 e. The Labute approximate surface area is 148 Å². The van der Waals surface area contributed by atoms with Gasteiger partial charge in [0.05, 0.1) is 12.5 Å². The van der Waals surface area contributed by atoms with E-state index in [0.717, 1.165) is 31.2 Å². The average Bonchev–Trinajstić information content (AvgIpc) is 3.17. The van der Waals surface area contributed by atoms with Gasteiger partial charge in [-0.2, -0.15) is 0 Å². The van der Waals surface area contributed by atoms with Crippen molar-refractivity contribution in [3.05, 3.63) is 35.4 Å². The number of benzene rings is 1. The Hall–Kier alpha value is -1.88. The van der Waals surface area contributed by atoms with Gasteiger partial charge >= 0.3 is 0 Å². The van der Waals surface area contributed by atoms with Gasteiger partial charge in [-0.25, -0.2) is 0 Å². The van der Waals surface area contributed by atoms with Gasteiger partial charge in [-0.15, -0.1) is 0 Å². The lowest BCUT2D eigenvalue weighted by molar-refractivity contribution is -0.131. The summed E-state index contributed by atoms with van der Waals surface area (Å²) in [5.41, 5.74) is 1.37. The highest BCUT2D eigenvalue weighted by Gasteiger charge is 2.40. The molecule has 2 unspecified atom stereocenters. The third-order valence-corrected chi connectivity index (χ3v) is 5.89. The van der Waals surface area contributed by atoms with Crippen LogP contribution in [0.3, 0.4) is 0 Å². The summed E-state index contributed by atoms with van der Waals surface area (Å²) in [7, 11) is 0. The Bertz CT molecular complexity index is 685. The van der Waals surface area contributed by atoms with Crippen LogP contribution in [0.25, 0.3) is 0 Å². The number of hydrogen-bond acceptors (Lipinski definition) is 3. The summed E-state index contributed by atoms with van der Waals surface area (Å²) >= 11 is 0. The van der Waals surface area contributed by atoms with Gasteiger partial charge < -0.3 is 15.3 Å². The van der Waals surface area contributed by atoms with Crippen LogP contribution in [0.1, 0.15) is 49.1 Å². The van der Waals surface area contributed by atoms with E-state index in [-0.39, 0.29) is 24.3 Å². The summed E-state index contributed by atoms with van der Waals surface area (Å²) in [6.07, 6.45) is 5.22. The monoisotopic (exact) mass is 342 g/mol. The molecular weight excluding hydrogens is 316 g/mol. The van der Waals surface area contributed by atoms with Crippen molar-refractivity contribution in [3.63, 3.8) is 0 Å². The van der Waals surface area contributed by atoms with Crippen molar-refractivity contribution in [2.45, 2.75) is 50.0 Å². The molecule has 25 heavy (non-hydrogen) atoms. The quantitative estimate of drug-likeness (QED) is 0.854. The maximum atomic E-state index is 12.6. The minimum atomic E-state index is -0.993. The van der Waals surface area contributed by atoms with Crippen LogP contribution in [-0.4, -0.2) is 47.1 Å². The van der Waals surface area contributed by atoms with Gasteiger partial charge in [-0.1, -0.05) is 24.3 Å². The first-order valence-corrected chi connectivity index (χ1v) is 9.40. The van der Waals surface area contributed by atoms with E-state index in [1.807, 2.05) is 18.2 Å². The lowest BCUT2D eigenvalue weighted by Crippen LogP contribution is -2.46. The summed E-state index contributed by atoms with van der Waals surface area (Å²) in [4.78, 5) is 26.5. The van der Waals surface area contributed by atoms with Crippen molar-refractivity contribution in [2.75, 3.05) is 19.6 Å². The first-order valence-electron chi connectivity index (χ1n) is 9.40. The zero-order valence-electron chi connectivity index (χ0n) is 14.5. The molecule has 1 saturated carbocycles. The van der Waals surface area contributed by atoms with E-state index in [4.69, 9.17) is 0 Å². The van der Waals surface area contributed by atoms with E-state index in [2.05, 4.69) is 11.4 Å². The van der Waals surface area contributed by atoms with Crippen molar-refractivity contribution in [1.29, 1.82) is 0 Å². The Morgan fingerprint density at radius 1 is 1.24 bits per heavy atom. The lowest BCUT2D eigenvalue weighted by atomic mass is 9.99. The molecule has 4 rings (SSSR count). The van der Waals surface area contributed by atoms with Crippen LogP contribution in [0.5, 0.6) is 0 Å². The number of nitrogens with zero attached hydrogens (tertiary/aromatic N) is 1. The van der Waals surface area contributed by atoms with E-state index in [1.54, 1.807) is 4.90 Å². The van der Waals surface area contributed by atoms with E-state index in [0.29, 0.717) is 31.8 Å². The highest BCUT2D eigenvalue weighted by atomic mass is 16.3. The topological polar surface area (TPSA) is 69.6 Å². The lowest BCUT2D eigenvalue weighted by Gasteiger charge is -2.25. The number of fused-ring (bicyclic) bond motifs is 1. The third kappa shape index (κ3) is 3.56. The van der Waals surface area contributed by atoms with Crippen LogP contribution >= 0.6 is 0 Å². The zero-order valence-corrected chi connectivity index (χ0v) is 14.5. The molecule has 1 aromatic rings. The average molecular weight is 342 g/mol. The van der Waals surface area contributed by atoms with Gasteiger partial charge in [0.2, 0.25) is 11.8 Å². The first kappa shape index (κ1) is 16.6. The minimum absolute atomic E-state index is 0.0128. The molecule has 2 atom stereocenters. The molecule has 5 nitrogen and oxygen atoms in total. The highest BCUT2D eigenvalue weighted by Crippen LogP contribution is 2.34. The summed E-state index contributed by atoms with van der Waals surface area (Å²) in [6, 6.07) is 8.08. The molecule has 2 fully saturated rings. The van der Waals surface area contributed by atoms with Crippen molar-refractivity contribution < 1.29 is 14.7 Å². The number of β-amino-alcohol motifs (C(OH)–C–C–N with tert-alkyl or cyclic N) is 1. The van der Waals surface area contributed by atoms with Crippen LogP contribution in [0, 0.1) is 5.92 Å². The summed E-state index contributed by atoms with van der Waals surface area (Å²) < 4.78 is 0. The molecule has 1 aliphatic heterocycles. The number of carbonyl (C=O) groups excluding carboxylic acids is 2. The van der Waals surface area contributed by atoms with Gasteiger partial charge in [0.1, 0.15) is 5.60 Å². The van der Waals surface area contributed by atoms with E-state index >= 15 is 0 Å². The Balaban J connectivity index is 1.30. The maximum Gasteiger partial charge on any atom is 0.227 e. The molecule has 2 amide bonds. The molecule has 2 aliphatic carbocycles. The molecule has 0 radical (unpaired) electrons. The van der Waals surface area contributed by atoms with Crippen molar-refractivity contribution in [3.8, 4) is 0 Å². The Morgan fingerprint density at radius 3 is 2.84 bits per heavy atom. The molecule has 5 heteroatoms. The summed E-state index contributed by atoms with van der Waals surface area (Å²) in [5, 5.41) is 13.7. The van der Waals surface area contributed by atoms with Gasteiger partial charge in [0, 0.05) is 19.5 Å². The van der Waals surface area contributed by atoms with Crippen LogP contribution in [-0.2, 0) is 16.0 Å². The largest absolute Gasteiger partial charge is 0.386 e. The van der Waals surface area contributed by atoms with E-state index < -0.39 is 5.60 Å². The predicted octanol–water partition coefficient (Wildman–Crippen LogP) is 1.60. The molecule has 134 valence electrons. The smallest absolute Gasteiger partial charge is 0.227 e. The molecule has 3 aliphatic rings. The normalized spacial score (nSPS) is 28.0. The number of hydrogen-bond donors (Lipinski definition) is 2. The van der Waals surface area contributed by atoms with Crippen LogP contribution in [0.4, 0.5) is 0 Å². The predicted molar refractivity (Wildman–Crippen MR) is 94.0 cm³/mol. The third-order valence-electron chi connectivity index (χ3n) is 5.89. The molecule has 0 spiro atoms. The van der Waals surface area contributed by atoms with Crippen molar-refractivity contribution in [1.82, 2.24) is 10.2 Å². The van der Waals surface area contributed by atoms with Crippen molar-refractivity contribution >= 4 is 11.8 Å². The second kappa shape index (κ2) is 6.45. The zero-order chi connectivity index (χ0) is 17.4. The number of aryl methyl sites for hydroxylation is 1. The Kier molecular flexibility index (Phi) is 4.28. The SMILES string of the molecule is O=C(NCC1(O)CCN(C(=O)CC2CC2)C1)C1CCc2ccccc21. The molecule has 1 saturated heterocycles. The molecule has 0 aromatic heterocycles. The van der Waals surface area contributed by atoms with Gasteiger partial charge in [-0.3, -0.25) is 9.59 Å². The molecule has 1 heterocycles. The van der Waals surface area contributed by atoms with Crippen LogP contribution < -0.4 is 5.32 Å². The number of aliphatic hydroxyl groups is 1. The van der Waals surface area contributed by atoms with Gasteiger partial charge in [0.15, 0.2) is 0 Å². The second-order valence-electron chi connectivity index (χ2n) is 7.95. The van der Waals surface area contributed by atoms with E-state index in [9.17, 15) is 14.7 Å². The number of amides is 2. The number of likely N-dealkylation sites (tertiary alicyclic amines) is 1.